The highest BCUT2D eigenvalue weighted by Gasteiger charge is 2.33. The van der Waals surface area contributed by atoms with Crippen molar-refractivity contribution in [3.8, 4) is 5.75 Å². The Kier molecular flexibility index (Phi) is 5.87. The summed E-state index contributed by atoms with van der Waals surface area (Å²) in [4.78, 5) is 23.8. The lowest BCUT2D eigenvalue weighted by molar-refractivity contribution is -0.136. The Morgan fingerprint density at radius 2 is 1.90 bits per heavy atom. The molecule has 8 heteroatoms. The van der Waals surface area contributed by atoms with Crippen LogP contribution in [0.5, 0.6) is 5.75 Å². The van der Waals surface area contributed by atoms with Crippen LogP contribution in [0.15, 0.2) is 51.7 Å². The number of nitrogens with one attached hydrogen (secondary N) is 1. The van der Waals surface area contributed by atoms with Crippen molar-refractivity contribution in [2.24, 2.45) is 0 Å². The SMILES string of the molecule is Cc1cccc(C(C)C)c1NC(=O)COc1ccc2c(C(F)(F)F)cc(=O)oc2c1. The maximum Gasteiger partial charge on any atom is 0.417 e. The molecule has 0 saturated heterocycles. The highest BCUT2D eigenvalue weighted by atomic mass is 19.4. The number of carbonyl (C=O) groups is 1. The molecule has 0 atom stereocenters. The second kappa shape index (κ2) is 8.22. The van der Waals surface area contributed by atoms with Gasteiger partial charge in [0.25, 0.3) is 5.91 Å². The summed E-state index contributed by atoms with van der Waals surface area (Å²) in [7, 11) is 0. The van der Waals surface area contributed by atoms with Crippen LogP contribution in [0.25, 0.3) is 11.0 Å². The van der Waals surface area contributed by atoms with Gasteiger partial charge in [0.15, 0.2) is 6.61 Å². The number of halogens is 3. The average molecular weight is 419 g/mol. The van der Waals surface area contributed by atoms with Gasteiger partial charge in [0.2, 0.25) is 0 Å². The van der Waals surface area contributed by atoms with Gasteiger partial charge in [-0.25, -0.2) is 4.79 Å². The van der Waals surface area contributed by atoms with E-state index in [0.717, 1.165) is 23.3 Å². The molecule has 0 aliphatic carbocycles. The van der Waals surface area contributed by atoms with Gasteiger partial charge < -0.3 is 14.5 Å². The Balaban J connectivity index is 1.78. The van der Waals surface area contributed by atoms with Gasteiger partial charge in [-0.3, -0.25) is 4.79 Å². The van der Waals surface area contributed by atoms with Crippen LogP contribution < -0.4 is 15.7 Å². The van der Waals surface area contributed by atoms with Crippen molar-refractivity contribution in [1.82, 2.24) is 0 Å². The van der Waals surface area contributed by atoms with Crippen LogP contribution in [0.1, 0.15) is 36.5 Å². The molecule has 0 radical (unpaired) electrons. The van der Waals surface area contributed by atoms with Gasteiger partial charge in [-0.05, 0) is 36.1 Å². The van der Waals surface area contributed by atoms with Crippen LogP contribution in [-0.2, 0) is 11.0 Å². The Morgan fingerprint density at radius 3 is 2.57 bits per heavy atom. The van der Waals surface area contributed by atoms with Crippen LogP contribution in [-0.4, -0.2) is 12.5 Å². The van der Waals surface area contributed by atoms with Crippen molar-refractivity contribution >= 4 is 22.6 Å². The number of fused-ring (bicyclic) bond motifs is 1. The summed E-state index contributed by atoms with van der Waals surface area (Å²) >= 11 is 0. The standard InChI is InChI=1S/C22H20F3NO4/c1-12(2)15-6-4-5-13(3)21(15)26-19(27)11-29-14-7-8-16-17(22(23,24)25)10-20(28)30-18(16)9-14/h4-10,12H,11H2,1-3H3,(H,26,27). The highest BCUT2D eigenvalue weighted by Crippen LogP contribution is 2.35. The number of hydrogen-bond acceptors (Lipinski definition) is 4. The van der Waals surface area contributed by atoms with Crippen molar-refractivity contribution in [2.75, 3.05) is 11.9 Å². The van der Waals surface area contributed by atoms with Crippen LogP contribution in [0.4, 0.5) is 18.9 Å². The van der Waals surface area contributed by atoms with Crippen LogP contribution in [0, 0.1) is 6.92 Å². The molecule has 0 bridgehead atoms. The summed E-state index contributed by atoms with van der Waals surface area (Å²) in [5.41, 5.74) is 0.121. The first-order valence-electron chi connectivity index (χ1n) is 9.23. The first kappa shape index (κ1) is 21.4. The second-order valence-electron chi connectivity index (χ2n) is 7.17. The third kappa shape index (κ3) is 4.64. The second-order valence-corrected chi connectivity index (χ2v) is 7.17. The first-order chi connectivity index (χ1) is 14.1. The van der Waals surface area contributed by atoms with Crippen LogP contribution in [0.2, 0.25) is 0 Å². The zero-order valence-electron chi connectivity index (χ0n) is 16.6. The van der Waals surface area contributed by atoms with Crippen LogP contribution >= 0.6 is 0 Å². The van der Waals surface area contributed by atoms with Crippen molar-refractivity contribution in [3.05, 3.63) is 69.6 Å². The van der Waals surface area contributed by atoms with Gasteiger partial charge in [0.05, 0.1) is 5.56 Å². The summed E-state index contributed by atoms with van der Waals surface area (Å²) in [6.45, 7) is 5.55. The number of ether oxygens (including phenoxy) is 1. The third-order valence-electron chi connectivity index (χ3n) is 4.58. The van der Waals surface area contributed by atoms with Gasteiger partial charge in [-0.15, -0.1) is 0 Å². The summed E-state index contributed by atoms with van der Waals surface area (Å²) in [6.07, 6.45) is -4.70. The number of benzene rings is 2. The van der Waals surface area contributed by atoms with Crippen molar-refractivity contribution in [1.29, 1.82) is 0 Å². The molecule has 3 aromatic rings. The molecule has 0 fully saturated rings. The molecule has 2 aromatic carbocycles. The topological polar surface area (TPSA) is 68.5 Å². The smallest absolute Gasteiger partial charge is 0.417 e. The fourth-order valence-electron chi connectivity index (χ4n) is 3.13. The van der Waals surface area contributed by atoms with E-state index < -0.39 is 23.3 Å². The van der Waals surface area contributed by atoms with Gasteiger partial charge >= 0.3 is 11.8 Å². The molecule has 0 saturated carbocycles. The molecule has 0 aliphatic heterocycles. The number of aryl methyl sites for hydroxylation is 1. The number of amides is 1. The third-order valence-corrected chi connectivity index (χ3v) is 4.58. The molecule has 1 heterocycles. The zero-order valence-corrected chi connectivity index (χ0v) is 16.6. The lowest BCUT2D eigenvalue weighted by Gasteiger charge is -2.16. The van der Waals surface area contributed by atoms with Crippen molar-refractivity contribution < 1.29 is 27.1 Å². The molecule has 0 aliphatic rings. The summed E-state index contributed by atoms with van der Waals surface area (Å²) in [5, 5.41) is 2.56. The number of carbonyl (C=O) groups excluding carboxylic acids is 1. The molecular formula is C22H20F3NO4. The highest BCUT2D eigenvalue weighted by molar-refractivity contribution is 5.93. The Labute approximate surface area is 170 Å². The molecule has 0 unspecified atom stereocenters. The number of hydrogen-bond donors (Lipinski definition) is 1. The van der Waals surface area contributed by atoms with E-state index in [-0.39, 0.29) is 29.2 Å². The normalized spacial score (nSPS) is 11.7. The molecule has 5 nitrogen and oxygen atoms in total. The lowest BCUT2D eigenvalue weighted by Crippen LogP contribution is -2.21. The summed E-state index contributed by atoms with van der Waals surface area (Å²) in [5.74, 6) is -0.113. The predicted molar refractivity (Wildman–Crippen MR) is 107 cm³/mol. The van der Waals surface area contributed by atoms with E-state index in [0.29, 0.717) is 11.8 Å². The van der Waals surface area contributed by atoms with E-state index in [1.165, 1.54) is 6.07 Å². The summed E-state index contributed by atoms with van der Waals surface area (Å²) in [6, 6.07) is 9.72. The Hall–Kier alpha value is -3.29. The lowest BCUT2D eigenvalue weighted by atomic mass is 9.98. The summed E-state index contributed by atoms with van der Waals surface area (Å²) < 4.78 is 49.6. The minimum Gasteiger partial charge on any atom is -0.484 e. The number of anilines is 1. The minimum atomic E-state index is -4.70. The largest absolute Gasteiger partial charge is 0.484 e. The maximum atomic E-state index is 13.1. The maximum absolute atomic E-state index is 13.1. The molecule has 30 heavy (non-hydrogen) atoms. The minimum absolute atomic E-state index is 0.106. The fraction of sp³-hybridized carbons (Fsp3) is 0.273. The molecule has 3 rings (SSSR count). The molecular weight excluding hydrogens is 399 g/mol. The fourth-order valence-corrected chi connectivity index (χ4v) is 3.13. The van der Waals surface area contributed by atoms with E-state index in [1.807, 2.05) is 39.0 Å². The number of para-hydroxylation sites is 1. The quantitative estimate of drug-likeness (QED) is 0.573. The Bertz CT molecular complexity index is 1150. The molecule has 0 spiro atoms. The molecule has 1 amide bonds. The first-order valence-corrected chi connectivity index (χ1v) is 9.23. The van der Waals surface area contributed by atoms with Gasteiger partial charge in [0.1, 0.15) is 11.3 Å². The van der Waals surface area contributed by atoms with Gasteiger partial charge in [0, 0.05) is 23.2 Å². The molecule has 1 aromatic heterocycles. The predicted octanol–water partition coefficient (Wildman–Crippen LogP) is 5.26. The Morgan fingerprint density at radius 1 is 1.17 bits per heavy atom. The zero-order chi connectivity index (χ0) is 22.1. The van der Waals surface area contributed by atoms with Gasteiger partial charge in [-0.2, -0.15) is 13.2 Å². The molecule has 158 valence electrons. The van der Waals surface area contributed by atoms with E-state index in [1.54, 1.807) is 0 Å². The van der Waals surface area contributed by atoms with Crippen LogP contribution in [0.3, 0.4) is 0 Å². The number of alkyl halides is 3. The van der Waals surface area contributed by atoms with E-state index >= 15 is 0 Å². The van der Waals surface area contributed by atoms with Crippen molar-refractivity contribution in [3.63, 3.8) is 0 Å². The van der Waals surface area contributed by atoms with E-state index in [2.05, 4.69) is 5.32 Å². The molecule has 1 N–H and O–H groups in total. The number of rotatable bonds is 5. The van der Waals surface area contributed by atoms with E-state index in [4.69, 9.17) is 9.15 Å². The average Bonchev–Trinajstić information content (AvgIpc) is 2.66. The van der Waals surface area contributed by atoms with E-state index in [9.17, 15) is 22.8 Å². The monoisotopic (exact) mass is 419 g/mol. The van der Waals surface area contributed by atoms with Gasteiger partial charge in [-0.1, -0.05) is 32.0 Å². The van der Waals surface area contributed by atoms with Crippen molar-refractivity contribution in [2.45, 2.75) is 32.9 Å².